The van der Waals surface area contributed by atoms with Crippen molar-refractivity contribution in [2.24, 2.45) is 0 Å². The molecule has 4 rings (SSSR count). The van der Waals surface area contributed by atoms with Gasteiger partial charge in [0.15, 0.2) is 5.11 Å². The van der Waals surface area contributed by atoms with E-state index in [9.17, 15) is 27.2 Å². The number of hydrogen-bond acceptors (Lipinski definition) is 4. The molecule has 1 unspecified atom stereocenters. The lowest BCUT2D eigenvalue weighted by Crippen LogP contribution is -2.37. The number of nitrogens with zero attached hydrogens (tertiary/aromatic N) is 2. The normalized spacial score (nSPS) is 15.8. The molecule has 0 spiro atoms. The van der Waals surface area contributed by atoms with Gasteiger partial charge in [0.05, 0.1) is 24.8 Å². The van der Waals surface area contributed by atoms with Gasteiger partial charge in [-0.2, -0.15) is 13.2 Å². The van der Waals surface area contributed by atoms with Crippen molar-refractivity contribution in [3.05, 3.63) is 89.7 Å². The minimum Gasteiger partial charge on any atom is -0.497 e. The van der Waals surface area contributed by atoms with Crippen LogP contribution in [0, 0.1) is 5.82 Å². The summed E-state index contributed by atoms with van der Waals surface area (Å²) in [5, 5.41) is 2.64. The Morgan fingerprint density at radius 1 is 1.05 bits per heavy atom. The van der Waals surface area contributed by atoms with E-state index >= 15 is 0 Å². The zero-order valence-electron chi connectivity index (χ0n) is 19.5. The largest absolute Gasteiger partial charge is 0.497 e. The number of thiocarbonyl (C=S) groups is 1. The third-order valence-corrected chi connectivity index (χ3v) is 6.19. The van der Waals surface area contributed by atoms with Gasteiger partial charge in [0.25, 0.3) is 5.91 Å². The highest BCUT2D eigenvalue weighted by atomic mass is 32.1. The first-order valence-electron chi connectivity index (χ1n) is 11.1. The van der Waals surface area contributed by atoms with Crippen molar-refractivity contribution in [1.29, 1.82) is 0 Å². The summed E-state index contributed by atoms with van der Waals surface area (Å²) in [7, 11) is 1.51. The van der Waals surface area contributed by atoms with Gasteiger partial charge in [-0.1, -0.05) is 18.2 Å². The summed E-state index contributed by atoms with van der Waals surface area (Å²) in [6.45, 7) is 0.0425. The second-order valence-electron chi connectivity index (χ2n) is 8.26. The summed E-state index contributed by atoms with van der Waals surface area (Å²) in [6, 6.07) is 15.2. The smallest absolute Gasteiger partial charge is 0.416 e. The van der Waals surface area contributed by atoms with Crippen LogP contribution in [0.1, 0.15) is 17.5 Å². The van der Waals surface area contributed by atoms with E-state index in [0.29, 0.717) is 17.0 Å². The van der Waals surface area contributed by atoms with Gasteiger partial charge in [-0.3, -0.25) is 14.5 Å². The van der Waals surface area contributed by atoms with Crippen LogP contribution in [-0.4, -0.2) is 35.0 Å². The molecular formula is C26H21F4N3O3S. The Bertz CT molecular complexity index is 1310. The van der Waals surface area contributed by atoms with E-state index < -0.39 is 35.4 Å². The summed E-state index contributed by atoms with van der Waals surface area (Å²) in [6.07, 6.45) is -4.94. The van der Waals surface area contributed by atoms with E-state index in [1.165, 1.54) is 48.4 Å². The quantitative estimate of drug-likeness (QED) is 0.328. The average Bonchev–Trinajstić information content (AvgIpc) is 3.09. The molecule has 0 aliphatic carbocycles. The molecule has 1 heterocycles. The van der Waals surface area contributed by atoms with Crippen molar-refractivity contribution < 1.29 is 31.9 Å². The molecule has 1 saturated heterocycles. The van der Waals surface area contributed by atoms with Crippen LogP contribution < -0.4 is 15.0 Å². The summed E-state index contributed by atoms with van der Waals surface area (Å²) in [5.74, 6) is -1.00. The number of ether oxygens (including phenoxy) is 1. The number of carbonyl (C=O) groups excluding carboxylic acids is 2. The van der Waals surface area contributed by atoms with Crippen molar-refractivity contribution in [3.8, 4) is 5.75 Å². The van der Waals surface area contributed by atoms with Gasteiger partial charge in [0.2, 0.25) is 5.91 Å². The third kappa shape index (κ3) is 5.88. The number of anilines is 2. The van der Waals surface area contributed by atoms with Gasteiger partial charge in [-0.05, 0) is 72.4 Å². The van der Waals surface area contributed by atoms with Crippen molar-refractivity contribution in [2.75, 3.05) is 17.3 Å². The van der Waals surface area contributed by atoms with Crippen molar-refractivity contribution in [2.45, 2.75) is 25.2 Å². The lowest BCUT2D eigenvalue weighted by atomic mass is 10.1. The van der Waals surface area contributed by atoms with Gasteiger partial charge >= 0.3 is 6.18 Å². The predicted octanol–water partition coefficient (Wildman–Crippen LogP) is 5.38. The minimum absolute atomic E-state index is 0.0425. The van der Waals surface area contributed by atoms with E-state index in [1.807, 2.05) is 0 Å². The molecule has 0 radical (unpaired) electrons. The Labute approximate surface area is 215 Å². The van der Waals surface area contributed by atoms with Crippen LogP contribution in [0.25, 0.3) is 0 Å². The lowest BCUT2D eigenvalue weighted by molar-refractivity contribution is -0.137. The molecule has 2 amide bonds. The molecule has 3 aromatic carbocycles. The number of rotatable bonds is 7. The molecule has 1 aliphatic rings. The van der Waals surface area contributed by atoms with Crippen LogP contribution >= 0.6 is 12.2 Å². The SMILES string of the molecule is COc1ccc(NC(=O)CC2C(=O)N(c3cccc(C(F)(F)F)c3)C(=S)N2Cc2ccc(F)cc2)cc1. The number of carbonyl (C=O) groups is 2. The number of nitrogens with one attached hydrogen (secondary N) is 1. The molecular weight excluding hydrogens is 510 g/mol. The molecule has 0 saturated carbocycles. The predicted molar refractivity (Wildman–Crippen MR) is 133 cm³/mol. The molecule has 192 valence electrons. The Balaban J connectivity index is 1.62. The fraction of sp³-hybridized carbons (Fsp3) is 0.192. The average molecular weight is 532 g/mol. The highest BCUT2D eigenvalue weighted by Gasteiger charge is 2.44. The Kier molecular flexibility index (Phi) is 7.44. The molecule has 6 nitrogen and oxygen atoms in total. The van der Waals surface area contributed by atoms with Crippen LogP contribution in [-0.2, 0) is 22.3 Å². The number of hydrogen-bond donors (Lipinski definition) is 1. The van der Waals surface area contributed by atoms with Gasteiger partial charge in [0.1, 0.15) is 17.6 Å². The Hall–Kier alpha value is -3.99. The van der Waals surface area contributed by atoms with Crippen LogP contribution in [0.5, 0.6) is 5.75 Å². The maximum atomic E-state index is 13.5. The third-order valence-electron chi connectivity index (χ3n) is 5.77. The number of benzene rings is 3. The highest BCUT2D eigenvalue weighted by Crippen LogP contribution is 2.34. The molecule has 1 N–H and O–H groups in total. The minimum atomic E-state index is -4.62. The highest BCUT2D eigenvalue weighted by molar-refractivity contribution is 7.80. The van der Waals surface area contributed by atoms with Crippen LogP contribution in [0.15, 0.2) is 72.8 Å². The molecule has 1 aliphatic heterocycles. The van der Waals surface area contributed by atoms with Crippen LogP contribution in [0.2, 0.25) is 0 Å². The van der Waals surface area contributed by atoms with Crippen LogP contribution in [0.4, 0.5) is 28.9 Å². The fourth-order valence-electron chi connectivity index (χ4n) is 3.92. The maximum absolute atomic E-state index is 13.5. The van der Waals surface area contributed by atoms with Gasteiger partial charge < -0.3 is 15.0 Å². The van der Waals surface area contributed by atoms with Crippen molar-refractivity contribution in [1.82, 2.24) is 4.90 Å². The molecule has 1 fully saturated rings. The summed E-state index contributed by atoms with van der Waals surface area (Å²) < 4.78 is 58.4. The molecule has 0 aromatic heterocycles. The topological polar surface area (TPSA) is 61.9 Å². The first-order chi connectivity index (χ1) is 17.6. The second kappa shape index (κ2) is 10.6. The van der Waals surface area contributed by atoms with E-state index in [2.05, 4.69) is 5.32 Å². The van der Waals surface area contributed by atoms with Gasteiger partial charge in [-0.25, -0.2) is 4.39 Å². The second-order valence-corrected chi connectivity index (χ2v) is 8.62. The molecule has 11 heteroatoms. The monoisotopic (exact) mass is 531 g/mol. The lowest BCUT2D eigenvalue weighted by Gasteiger charge is -2.24. The Morgan fingerprint density at radius 2 is 1.73 bits per heavy atom. The number of alkyl halides is 3. The van der Waals surface area contributed by atoms with E-state index in [0.717, 1.165) is 17.0 Å². The summed E-state index contributed by atoms with van der Waals surface area (Å²) in [5.41, 5.74) is 0.0695. The first-order valence-corrected chi connectivity index (χ1v) is 11.5. The first kappa shape index (κ1) is 26.1. The molecule has 37 heavy (non-hydrogen) atoms. The van der Waals surface area contributed by atoms with E-state index in [1.54, 1.807) is 24.3 Å². The zero-order chi connectivity index (χ0) is 26.7. The molecule has 1 atom stereocenters. The molecule has 3 aromatic rings. The van der Waals surface area contributed by atoms with Crippen molar-refractivity contribution in [3.63, 3.8) is 0 Å². The fourth-order valence-corrected chi connectivity index (χ4v) is 4.31. The summed E-state index contributed by atoms with van der Waals surface area (Å²) >= 11 is 5.50. The maximum Gasteiger partial charge on any atom is 0.416 e. The standard InChI is InChI=1S/C26H21F4N3O3S/c1-36-21-11-9-19(10-12-21)31-23(34)14-22-24(35)33(20-4-2-3-17(13-20)26(28,29)30)25(37)32(22)15-16-5-7-18(27)8-6-16/h2-13,22H,14-15H2,1H3,(H,31,34). The summed E-state index contributed by atoms with van der Waals surface area (Å²) in [4.78, 5) is 28.8. The van der Waals surface area contributed by atoms with Crippen LogP contribution in [0.3, 0.4) is 0 Å². The van der Waals surface area contributed by atoms with Gasteiger partial charge in [-0.15, -0.1) is 0 Å². The number of amides is 2. The van der Waals surface area contributed by atoms with Gasteiger partial charge in [0, 0.05) is 12.2 Å². The zero-order valence-corrected chi connectivity index (χ0v) is 20.3. The number of halogens is 4. The number of methoxy groups -OCH3 is 1. The van der Waals surface area contributed by atoms with E-state index in [4.69, 9.17) is 17.0 Å². The van der Waals surface area contributed by atoms with E-state index in [-0.39, 0.29) is 23.8 Å². The van der Waals surface area contributed by atoms with Crippen molar-refractivity contribution >= 4 is 40.5 Å². The molecule has 0 bridgehead atoms. The Morgan fingerprint density at radius 3 is 2.35 bits per heavy atom.